The van der Waals surface area contributed by atoms with Crippen molar-refractivity contribution in [2.45, 2.75) is 76.0 Å². The quantitative estimate of drug-likeness (QED) is 0.628. The smallest absolute Gasteiger partial charge is 0.233 e. The Labute approximate surface area is 144 Å². The normalized spacial score (nSPS) is 17.3. The average Bonchev–Trinajstić information content (AvgIpc) is 2.52. The summed E-state index contributed by atoms with van der Waals surface area (Å²) < 4.78 is 0. The van der Waals surface area contributed by atoms with Gasteiger partial charge in [0.05, 0.1) is 5.25 Å². The minimum absolute atomic E-state index is 0.114. The lowest BCUT2D eigenvalue weighted by molar-refractivity contribution is -0.120. The van der Waals surface area contributed by atoms with Gasteiger partial charge in [0.25, 0.3) is 0 Å². The highest BCUT2D eigenvalue weighted by molar-refractivity contribution is 8.00. The van der Waals surface area contributed by atoms with Crippen LogP contribution in [0, 0.1) is 12.8 Å². The van der Waals surface area contributed by atoms with E-state index in [2.05, 4.69) is 29.1 Å². The lowest BCUT2D eigenvalue weighted by atomic mass is 9.89. The highest BCUT2D eigenvalue weighted by Gasteiger charge is 2.19. The highest BCUT2D eigenvalue weighted by Crippen LogP contribution is 2.25. The van der Waals surface area contributed by atoms with Gasteiger partial charge in [0.2, 0.25) is 5.91 Å². The molecule has 1 fully saturated rings. The average molecular weight is 336 g/mol. The fourth-order valence-corrected chi connectivity index (χ4v) is 3.83. The molecule has 1 aliphatic carbocycles. The summed E-state index contributed by atoms with van der Waals surface area (Å²) >= 11 is 1.52. The number of amides is 1. The zero-order valence-corrected chi connectivity index (χ0v) is 15.6. The molecular weight excluding hydrogens is 306 g/mol. The summed E-state index contributed by atoms with van der Waals surface area (Å²) in [4.78, 5) is 21.4. The number of hydrogen-bond acceptors (Lipinski definition) is 4. The Hall–Kier alpha value is -1.10. The molecule has 1 aromatic rings. The van der Waals surface area contributed by atoms with Gasteiger partial charge in [-0.1, -0.05) is 44.9 Å². The van der Waals surface area contributed by atoms with E-state index in [1.807, 2.05) is 19.9 Å². The second-order valence-electron chi connectivity index (χ2n) is 6.87. The molecule has 2 rings (SSSR count). The van der Waals surface area contributed by atoms with E-state index < -0.39 is 0 Å². The van der Waals surface area contributed by atoms with Gasteiger partial charge in [-0.25, -0.2) is 9.97 Å². The molecule has 5 heteroatoms. The summed E-state index contributed by atoms with van der Waals surface area (Å²) in [5.41, 5.74) is 0.959. The van der Waals surface area contributed by atoms with Gasteiger partial charge in [-0.3, -0.25) is 4.79 Å². The van der Waals surface area contributed by atoms with Crippen molar-refractivity contribution >= 4 is 17.7 Å². The largest absolute Gasteiger partial charge is 0.355 e. The van der Waals surface area contributed by atoms with Crippen molar-refractivity contribution in [3.8, 4) is 0 Å². The van der Waals surface area contributed by atoms with Gasteiger partial charge in [0.1, 0.15) is 10.9 Å². The number of nitrogens with zero attached hydrogens (tertiary/aromatic N) is 2. The second kappa shape index (κ2) is 8.67. The van der Waals surface area contributed by atoms with Gasteiger partial charge in [0, 0.05) is 18.2 Å². The minimum atomic E-state index is -0.132. The summed E-state index contributed by atoms with van der Waals surface area (Å²) in [7, 11) is 0. The van der Waals surface area contributed by atoms with Crippen LogP contribution in [0.2, 0.25) is 0 Å². The summed E-state index contributed by atoms with van der Waals surface area (Å²) in [5.74, 6) is 1.92. The summed E-state index contributed by atoms with van der Waals surface area (Å²) in [6.07, 6.45) is 6.48. The maximum atomic E-state index is 12.3. The standard InChI is InChI=1S/C18H29N3OS/c1-12(2)17-20-13(3)10-16(21-17)23-14(4)18(22)19-11-15-8-6-5-7-9-15/h10,12,14-15H,5-9,11H2,1-4H3,(H,19,22)/t14-/m1/s1. The maximum absolute atomic E-state index is 12.3. The SMILES string of the molecule is Cc1cc(S[C@H](C)C(=O)NCC2CCCCC2)nc(C(C)C)n1. The predicted octanol–water partition coefficient (Wildman–Crippen LogP) is 4.09. The summed E-state index contributed by atoms with van der Waals surface area (Å²) in [5, 5.41) is 3.88. The van der Waals surface area contributed by atoms with Gasteiger partial charge >= 0.3 is 0 Å². The van der Waals surface area contributed by atoms with Crippen LogP contribution >= 0.6 is 11.8 Å². The molecule has 0 radical (unpaired) electrons. The first-order valence-electron chi connectivity index (χ1n) is 8.75. The van der Waals surface area contributed by atoms with Gasteiger partial charge in [0.15, 0.2) is 0 Å². The minimum Gasteiger partial charge on any atom is -0.355 e. The molecule has 0 bridgehead atoms. The van der Waals surface area contributed by atoms with E-state index >= 15 is 0 Å². The molecule has 0 saturated heterocycles. The summed E-state index contributed by atoms with van der Waals surface area (Å²) in [6, 6.07) is 1.96. The van der Waals surface area contributed by atoms with E-state index in [1.165, 1.54) is 43.9 Å². The number of aromatic nitrogens is 2. The van der Waals surface area contributed by atoms with E-state index in [-0.39, 0.29) is 11.2 Å². The topological polar surface area (TPSA) is 54.9 Å². The Balaban J connectivity index is 1.87. The van der Waals surface area contributed by atoms with E-state index in [0.717, 1.165) is 23.1 Å². The predicted molar refractivity (Wildman–Crippen MR) is 95.8 cm³/mol. The molecule has 0 aromatic carbocycles. The van der Waals surface area contributed by atoms with Crippen LogP contribution in [-0.2, 0) is 4.79 Å². The van der Waals surface area contributed by atoms with E-state index in [0.29, 0.717) is 11.8 Å². The van der Waals surface area contributed by atoms with Crippen molar-refractivity contribution in [2.24, 2.45) is 5.92 Å². The zero-order valence-electron chi connectivity index (χ0n) is 14.8. The molecule has 128 valence electrons. The van der Waals surface area contributed by atoms with E-state index in [9.17, 15) is 4.79 Å². The first kappa shape index (κ1) is 18.2. The molecule has 1 heterocycles. The molecule has 1 aliphatic rings. The number of nitrogens with one attached hydrogen (secondary N) is 1. The lowest BCUT2D eigenvalue weighted by Gasteiger charge is -2.22. The monoisotopic (exact) mass is 335 g/mol. The van der Waals surface area contributed by atoms with Crippen LogP contribution in [0.4, 0.5) is 0 Å². The van der Waals surface area contributed by atoms with Gasteiger partial charge in [-0.2, -0.15) is 0 Å². The third-order valence-electron chi connectivity index (χ3n) is 4.32. The molecule has 23 heavy (non-hydrogen) atoms. The molecule has 4 nitrogen and oxygen atoms in total. The van der Waals surface area contributed by atoms with Crippen molar-refractivity contribution in [1.82, 2.24) is 15.3 Å². The van der Waals surface area contributed by atoms with Crippen LogP contribution in [0.1, 0.15) is 70.3 Å². The van der Waals surface area contributed by atoms with Crippen molar-refractivity contribution in [1.29, 1.82) is 0 Å². The Morgan fingerprint density at radius 3 is 2.61 bits per heavy atom. The first-order chi connectivity index (χ1) is 11.0. The molecule has 1 N–H and O–H groups in total. The van der Waals surface area contributed by atoms with Crippen molar-refractivity contribution < 1.29 is 4.79 Å². The van der Waals surface area contributed by atoms with Gasteiger partial charge < -0.3 is 5.32 Å². The number of rotatable bonds is 6. The van der Waals surface area contributed by atoms with Gasteiger partial charge in [-0.05, 0) is 38.7 Å². The number of thioether (sulfide) groups is 1. The molecule has 1 amide bonds. The van der Waals surface area contributed by atoms with E-state index in [1.54, 1.807) is 0 Å². The lowest BCUT2D eigenvalue weighted by Crippen LogP contribution is -2.35. The van der Waals surface area contributed by atoms with Crippen LogP contribution in [0.15, 0.2) is 11.1 Å². The van der Waals surface area contributed by atoms with Crippen LogP contribution in [0.3, 0.4) is 0 Å². The number of carbonyl (C=O) groups excluding carboxylic acids is 1. The van der Waals surface area contributed by atoms with Crippen LogP contribution in [0.5, 0.6) is 0 Å². The third-order valence-corrected chi connectivity index (χ3v) is 5.34. The molecule has 0 spiro atoms. The molecular formula is C18H29N3OS. The Morgan fingerprint density at radius 2 is 1.96 bits per heavy atom. The first-order valence-corrected chi connectivity index (χ1v) is 9.63. The molecule has 0 unspecified atom stereocenters. The van der Waals surface area contributed by atoms with Crippen molar-refractivity contribution in [3.05, 3.63) is 17.6 Å². The number of carbonyl (C=O) groups is 1. The number of hydrogen-bond donors (Lipinski definition) is 1. The van der Waals surface area contributed by atoms with E-state index in [4.69, 9.17) is 0 Å². The Morgan fingerprint density at radius 1 is 1.26 bits per heavy atom. The third kappa shape index (κ3) is 5.79. The molecule has 1 aromatic heterocycles. The second-order valence-corrected chi connectivity index (χ2v) is 8.23. The van der Waals surface area contributed by atoms with Crippen molar-refractivity contribution in [3.63, 3.8) is 0 Å². The van der Waals surface area contributed by atoms with Crippen molar-refractivity contribution in [2.75, 3.05) is 6.54 Å². The fourth-order valence-electron chi connectivity index (χ4n) is 2.89. The van der Waals surface area contributed by atoms with Gasteiger partial charge in [-0.15, -0.1) is 0 Å². The fraction of sp³-hybridized carbons (Fsp3) is 0.722. The van der Waals surface area contributed by atoms with Crippen LogP contribution < -0.4 is 5.32 Å². The maximum Gasteiger partial charge on any atom is 0.233 e. The van der Waals surface area contributed by atoms with Crippen LogP contribution in [-0.4, -0.2) is 27.7 Å². The highest BCUT2D eigenvalue weighted by atomic mass is 32.2. The Kier molecular flexibility index (Phi) is 6.88. The molecule has 1 atom stereocenters. The zero-order chi connectivity index (χ0) is 16.8. The Bertz CT molecular complexity index is 527. The summed E-state index contributed by atoms with van der Waals surface area (Å²) in [6.45, 7) is 8.93. The number of aryl methyl sites for hydroxylation is 1. The molecule has 1 saturated carbocycles. The molecule has 0 aliphatic heterocycles. The van der Waals surface area contributed by atoms with Crippen LogP contribution in [0.25, 0.3) is 0 Å².